The summed E-state index contributed by atoms with van der Waals surface area (Å²) in [7, 11) is 0. The molecule has 0 aromatic carbocycles. The fourth-order valence-corrected chi connectivity index (χ4v) is 0.730. The topological polar surface area (TPSA) is 83.2 Å². The van der Waals surface area contributed by atoms with E-state index in [2.05, 4.69) is 4.98 Å². The van der Waals surface area contributed by atoms with Crippen molar-refractivity contribution >= 4 is 5.97 Å². The van der Waals surface area contributed by atoms with Crippen molar-refractivity contribution in [3.8, 4) is 11.8 Å². The second-order valence-electron chi connectivity index (χ2n) is 2.16. The maximum atomic E-state index is 10.5. The molecule has 1 rings (SSSR count). The highest BCUT2D eigenvalue weighted by Gasteiger charge is 2.03. The zero-order valence-corrected chi connectivity index (χ0v) is 6.60. The number of ether oxygens (including phenoxy) is 1. The lowest BCUT2D eigenvalue weighted by atomic mass is 10.3. The van der Waals surface area contributed by atoms with Gasteiger partial charge in [0.05, 0.1) is 11.8 Å². The van der Waals surface area contributed by atoms with E-state index in [0.29, 0.717) is 0 Å². The Kier molecular flexibility index (Phi) is 2.82. The van der Waals surface area contributed by atoms with Gasteiger partial charge in [-0.2, -0.15) is 5.26 Å². The fourth-order valence-electron chi connectivity index (χ4n) is 0.730. The summed E-state index contributed by atoms with van der Waals surface area (Å²) in [5, 5.41) is 16.8. The molecule has 1 aromatic heterocycles. The van der Waals surface area contributed by atoms with Gasteiger partial charge in [-0.15, -0.1) is 0 Å². The number of nitriles is 1. The van der Waals surface area contributed by atoms with Crippen LogP contribution in [0, 0.1) is 11.3 Å². The fraction of sp³-hybridized carbons (Fsp3) is 0.125. The zero-order chi connectivity index (χ0) is 9.68. The van der Waals surface area contributed by atoms with Crippen LogP contribution in [-0.4, -0.2) is 22.7 Å². The zero-order valence-electron chi connectivity index (χ0n) is 6.60. The van der Waals surface area contributed by atoms with E-state index in [1.54, 1.807) is 6.07 Å². The van der Waals surface area contributed by atoms with Crippen LogP contribution >= 0.6 is 0 Å². The van der Waals surface area contributed by atoms with Gasteiger partial charge < -0.3 is 9.84 Å². The Morgan fingerprint density at radius 3 is 3.08 bits per heavy atom. The number of carboxylic acid groups (broad SMARTS) is 1. The summed E-state index contributed by atoms with van der Waals surface area (Å²) in [5.74, 6) is -0.795. The minimum Gasteiger partial charge on any atom is -0.478 e. The Labute approximate surface area is 74.2 Å². The van der Waals surface area contributed by atoms with Gasteiger partial charge in [-0.25, -0.2) is 4.79 Å². The Morgan fingerprint density at radius 2 is 2.46 bits per heavy atom. The van der Waals surface area contributed by atoms with Gasteiger partial charge in [0.1, 0.15) is 11.8 Å². The van der Waals surface area contributed by atoms with Gasteiger partial charge in [0.2, 0.25) is 0 Å². The van der Waals surface area contributed by atoms with Crippen LogP contribution in [-0.2, 0) is 0 Å². The molecule has 66 valence electrons. The Hall–Kier alpha value is -2.09. The normalized spacial score (nSPS) is 8.85. The summed E-state index contributed by atoms with van der Waals surface area (Å²) < 4.78 is 4.86. The Balaban J connectivity index is 2.80. The van der Waals surface area contributed by atoms with Crippen molar-refractivity contribution in [2.45, 2.75) is 0 Å². The van der Waals surface area contributed by atoms with Crippen molar-refractivity contribution < 1.29 is 14.6 Å². The molecular formula is C8H6N2O3. The number of carbonyl (C=O) groups is 1. The Bertz CT molecular complexity index is 357. The van der Waals surface area contributed by atoms with Crippen molar-refractivity contribution in [3.05, 3.63) is 24.0 Å². The Morgan fingerprint density at radius 1 is 1.69 bits per heavy atom. The van der Waals surface area contributed by atoms with Crippen LogP contribution in [0.25, 0.3) is 0 Å². The molecule has 5 heteroatoms. The second kappa shape index (κ2) is 4.07. The first kappa shape index (κ1) is 9.00. The number of carboxylic acids is 1. The molecule has 0 aliphatic carbocycles. The first-order valence-corrected chi connectivity index (χ1v) is 3.42. The summed E-state index contributed by atoms with van der Waals surface area (Å²) in [6.07, 6.45) is 2.56. The summed E-state index contributed by atoms with van der Waals surface area (Å²) >= 11 is 0. The molecule has 0 fully saturated rings. The summed E-state index contributed by atoms with van der Waals surface area (Å²) in [6.45, 7) is -0.120. The molecule has 0 atom stereocenters. The molecule has 13 heavy (non-hydrogen) atoms. The quantitative estimate of drug-likeness (QED) is 0.735. The number of rotatable bonds is 3. The lowest BCUT2D eigenvalue weighted by Crippen LogP contribution is -1.99. The molecule has 0 amide bonds. The van der Waals surface area contributed by atoms with E-state index in [0.717, 1.165) is 0 Å². The second-order valence-corrected chi connectivity index (χ2v) is 2.16. The molecule has 0 aliphatic rings. The first-order chi connectivity index (χ1) is 6.24. The number of aromatic nitrogens is 1. The predicted molar refractivity (Wildman–Crippen MR) is 42.3 cm³/mol. The van der Waals surface area contributed by atoms with Gasteiger partial charge >= 0.3 is 5.97 Å². The SMILES string of the molecule is N#CCOc1cncc(C(=O)O)c1. The summed E-state index contributed by atoms with van der Waals surface area (Å²) in [6, 6.07) is 3.08. The van der Waals surface area contributed by atoms with E-state index in [1.807, 2.05) is 0 Å². The number of hydrogen-bond acceptors (Lipinski definition) is 4. The maximum absolute atomic E-state index is 10.5. The molecule has 0 bridgehead atoms. The third kappa shape index (κ3) is 2.45. The molecule has 0 aliphatic heterocycles. The lowest BCUT2D eigenvalue weighted by Gasteiger charge is -2.00. The highest BCUT2D eigenvalue weighted by molar-refractivity contribution is 5.87. The van der Waals surface area contributed by atoms with Gasteiger partial charge in [0.25, 0.3) is 0 Å². The highest BCUT2D eigenvalue weighted by atomic mass is 16.5. The van der Waals surface area contributed by atoms with Crippen molar-refractivity contribution in [3.63, 3.8) is 0 Å². The molecule has 1 heterocycles. The van der Waals surface area contributed by atoms with E-state index in [4.69, 9.17) is 15.1 Å². The molecule has 0 unspecified atom stereocenters. The van der Waals surface area contributed by atoms with Crippen molar-refractivity contribution in [2.24, 2.45) is 0 Å². The van der Waals surface area contributed by atoms with Crippen molar-refractivity contribution in [2.75, 3.05) is 6.61 Å². The smallest absolute Gasteiger partial charge is 0.337 e. The van der Waals surface area contributed by atoms with Crippen molar-refractivity contribution in [1.82, 2.24) is 4.98 Å². The van der Waals surface area contributed by atoms with Crippen LogP contribution in [0.3, 0.4) is 0 Å². The maximum Gasteiger partial charge on any atom is 0.337 e. The van der Waals surface area contributed by atoms with Crippen LogP contribution in [0.15, 0.2) is 18.5 Å². The van der Waals surface area contributed by atoms with Gasteiger partial charge in [-0.3, -0.25) is 4.98 Å². The monoisotopic (exact) mass is 178 g/mol. The highest BCUT2D eigenvalue weighted by Crippen LogP contribution is 2.10. The minimum absolute atomic E-state index is 0.0374. The first-order valence-electron chi connectivity index (χ1n) is 3.42. The van der Waals surface area contributed by atoms with Gasteiger partial charge in [0, 0.05) is 6.20 Å². The average molecular weight is 178 g/mol. The number of hydrogen-bond donors (Lipinski definition) is 1. The van der Waals surface area contributed by atoms with E-state index >= 15 is 0 Å². The molecule has 0 spiro atoms. The predicted octanol–water partition coefficient (Wildman–Crippen LogP) is 0.682. The van der Waals surface area contributed by atoms with E-state index in [1.165, 1.54) is 18.5 Å². The van der Waals surface area contributed by atoms with Crippen LogP contribution in [0.2, 0.25) is 0 Å². The van der Waals surface area contributed by atoms with Crippen LogP contribution < -0.4 is 4.74 Å². The van der Waals surface area contributed by atoms with Gasteiger partial charge in [-0.05, 0) is 6.07 Å². The van der Waals surface area contributed by atoms with Crippen LogP contribution in [0.4, 0.5) is 0 Å². The van der Waals surface area contributed by atoms with E-state index in [9.17, 15) is 4.79 Å². The molecule has 0 radical (unpaired) electrons. The molecule has 1 aromatic rings. The standard InChI is InChI=1S/C8H6N2O3/c9-1-2-13-7-3-6(8(11)12)4-10-5-7/h3-5H,2H2,(H,11,12). The molecule has 5 nitrogen and oxygen atoms in total. The van der Waals surface area contributed by atoms with E-state index < -0.39 is 5.97 Å². The molecular weight excluding hydrogens is 172 g/mol. The molecule has 1 N–H and O–H groups in total. The van der Waals surface area contributed by atoms with Crippen molar-refractivity contribution in [1.29, 1.82) is 5.26 Å². The van der Waals surface area contributed by atoms with Gasteiger partial charge in [0.15, 0.2) is 6.61 Å². The van der Waals surface area contributed by atoms with Crippen LogP contribution in [0.1, 0.15) is 10.4 Å². The minimum atomic E-state index is -1.07. The lowest BCUT2D eigenvalue weighted by molar-refractivity contribution is 0.0696. The summed E-state index contributed by atoms with van der Waals surface area (Å²) in [4.78, 5) is 14.1. The average Bonchev–Trinajstić information content (AvgIpc) is 2.15. The number of pyridine rings is 1. The summed E-state index contributed by atoms with van der Waals surface area (Å²) in [5.41, 5.74) is 0.0374. The third-order valence-corrected chi connectivity index (χ3v) is 1.26. The third-order valence-electron chi connectivity index (χ3n) is 1.26. The largest absolute Gasteiger partial charge is 0.478 e. The van der Waals surface area contributed by atoms with E-state index in [-0.39, 0.29) is 17.9 Å². The number of aromatic carboxylic acids is 1. The van der Waals surface area contributed by atoms with Gasteiger partial charge in [-0.1, -0.05) is 0 Å². The van der Waals surface area contributed by atoms with Crippen LogP contribution in [0.5, 0.6) is 5.75 Å². The molecule has 0 saturated carbocycles. The molecule has 0 saturated heterocycles. The number of nitrogens with zero attached hydrogens (tertiary/aromatic N) is 2.